The lowest BCUT2D eigenvalue weighted by Crippen LogP contribution is -2.51. The second-order valence-corrected chi connectivity index (χ2v) is 7.40. The summed E-state index contributed by atoms with van der Waals surface area (Å²) in [6, 6.07) is 17.1. The van der Waals surface area contributed by atoms with Crippen LogP contribution in [-0.2, 0) is 19.5 Å². The minimum absolute atomic E-state index is 0. The van der Waals surface area contributed by atoms with Gasteiger partial charge in [0.15, 0.2) is 5.96 Å². The SMILES string of the molecule is I.NC(=NCc1nccn1CCc1ccccc1)N1CCN(c2ccc(F)cc2)CC1. The summed E-state index contributed by atoms with van der Waals surface area (Å²) >= 11 is 0. The smallest absolute Gasteiger partial charge is 0.191 e. The molecule has 2 aromatic carbocycles. The summed E-state index contributed by atoms with van der Waals surface area (Å²) < 4.78 is 15.3. The van der Waals surface area contributed by atoms with Crippen LogP contribution in [-0.4, -0.2) is 46.6 Å². The van der Waals surface area contributed by atoms with Gasteiger partial charge in [0, 0.05) is 50.8 Å². The number of nitrogens with zero attached hydrogens (tertiary/aromatic N) is 5. The van der Waals surface area contributed by atoms with Crippen molar-refractivity contribution in [3.63, 3.8) is 0 Å². The minimum atomic E-state index is -0.212. The van der Waals surface area contributed by atoms with Crippen molar-refractivity contribution in [2.75, 3.05) is 31.1 Å². The lowest BCUT2D eigenvalue weighted by Gasteiger charge is -2.36. The van der Waals surface area contributed by atoms with E-state index in [-0.39, 0.29) is 29.8 Å². The zero-order valence-corrected chi connectivity index (χ0v) is 19.7. The Balaban J connectivity index is 0.00000272. The molecule has 1 aromatic heterocycles. The predicted molar refractivity (Wildman–Crippen MR) is 133 cm³/mol. The van der Waals surface area contributed by atoms with Gasteiger partial charge in [-0.1, -0.05) is 30.3 Å². The molecule has 0 spiro atoms. The molecular weight excluding hydrogens is 506 g/mol. The van der Waals surface area contributed by atoms with Gasteiger partial charge in [0.1, 0.15) is 18.2 Å². The van der Waals surface area contributed by atoms with Crippen molar-refractivity contribution in [1.29, 1.82) is 0 Å². The number of aryl methyl sites for hydroxylation is 2. The lowest BCUT2D eigenvalue weighted by atomic mass is 10.1. The maximum atomic E-state index is 13.1. The van der Waals surface area contributed by atoms with E-state index in [2.05, 4.69) is 48.6 Å². The van der Waals surface area contributed by atoms with E-state index in [0.717, 1.165) is 50.7 Å². The molecule has 0 amide bonds. The Kier molecular flexibility index (Phi) is 8.27. The minimum Gasteiger partial charge on any atom is -0.370 e. The van der Waals surface area contributed by atoms with Crippen LogP contribution in [0.2, 0.25) is 0 Å². The maximum Gasteiger partial charge on any atom is 0.191 e. The van der Waals surface area contributed by atoms with Crippen molar-refractivity contribution in [1.82, 2.24) is 14.5 Å². The molecule has 6 nitrogen and oxygen atoms in total. The second-order valence-electron chi connectivity index (χ2n) is 7.40. The van der Waals surface area contributed by atoms with Crippen LogP contribution in [0.1, 0.15) is 11.4 Å². The number of anilines is 1. The van der Waals surface area contributed by atoms with Crippen LogP contribution < -0.4 is 10.6 Å². The zero-order valence-electron chi connectivity index (χ0n) is 17.4. The molecule has 3 aromatic rings. The summed E-state index contributed by atoms with van der Waals surface area (Å²) in [5.74, 6) is 1.25. The highest BCUT2D eigenvalue weighted by Crippen LogP contribution is 2.17. The average molecular weight is 534 g/mol. The summed E-state index contributed by atoms with van der Waals surface area (Å²) in [7, 11) is 0. The monoisotopic (exact) mass is 534 g/mol. The molecule has 0 saturated carbocycles. The summed E-state index contributed by atoms with van der Waals surface area (Å²) in [6.45, 7) is 4.56. The van der Waals surface area contributed by atoms with E-state index in [1.807, 2.05) is 30.6 Å². The molecule has 0 bridgehead atoms. The Morgan fingerprint density at radius 3 is 2.42 bits per heavy atom. The highest BCUT2D eigenvalue weighted by atomic mass is 127. The number of benzene rings is 2. The molecule has 1 aliphatic heterocycles. The van der Waals surface area contributed by atoms with Gasteiger partial charge >= 0.3 is 0 Å². The zero-order chi connectivity index (χ0) is 20.8. The van der Waals surface area contributed by atoms with E-state index in [1.54, 1.807) is 0 Å². The fraction of sp³-hybridized carbons (Fsp3) is 0.304. The Morgan fingerprint density at radius 1 is 1.00 bits per heavy atom. The summed E-state index contributed by atoms with van der Waals surface area (Å²) in [5, 5.41) is 0. The number of nitrogens with two attached hydrogens (primary N) is 1. The maximum absolute atomic E-state index is 13.1. The highest BCUT2D eigenvalue weighted by Gasteiger charge is 2.18. The third-order valence-electron chi connectivity index (χ3n) is 5.46. The summed E-state index contributed by atoms with van der Waals surface area (Å²) in [5.41, 5.74) is 8.59. The van der Waals surface area contributed by atoms with Gasteiger partial charge in [-0.3, -0.25) is 0 Å². The van der Waals surface area contributed by atoms with Crippen molar-refractivity contribution in [3.05, 3.63) is 84.2 Å². The second kappa shape index (κ2) is 11.1. The van der Waals surface area contributed by atoms with Crippen LogP contribution in [0.15, 0.2) is 72.0 Å². The van der Waals surface area contributed by atoms with Crippen molar-refractivity contribution >= 4 is 35.6 Å². The summed E-state index contributed by atoms with van der Waals surface area (Å²) in [6.07, 6.45) is 4.76. The number of imidazole rings is 1. The Bertz CT molecular complexity index is 965. The number of guanidine groups is 1. The van der Waals surface area contributed by atoms with Gasteiger partial charge in [0.05, 0.1) is 0 Å². The molecule has 4 rings (SSSR count). The molecule has 1 aliphatic rings. The van der Waals surface area contributed by atoms with Crippen LogP contribution >= 0.6 is 24.0 Å². The number of rotatable bonds is 6. The quantitative estimate of drug-likeness (QED) is 0.299. The first-order valence-electron chi connectivity index (χ1n) is 10.3. The first-order valence-corrected chi connectivity index (χ1v) is 10.3. The number of aromatic nitrogens is 2. The standard InChI is InChI=1S/C23H27FN6.HI/c24-20-6-8-21(9-7-20)28-14-16-30(17-15-28)23(25)27-18-22-26-11-13-29(22)12-10-19-4-2-1-3-5-19;/h1-9,11,13H,10,12,14-18H2,(H2,25,27);1H. The van der Waals surface area contributed by atoms with Gasteiger partial charge in [-0.05, 0) is 36.2 Å². The fourth-order valence-corrected chi connectivity index (χ4v) is 3.69. The van der Waals surface area contributed by atoms with Gasteiger partial charge in [0.2, 0.25) is 0 Å². The number of piperazine rings is 1. The van der Waals surface area contributed by atoms with Crippen molar-refractivity contribution in [2.45, 2.75) is 19.5 Å². The lowest BCUT2D eigenvalue weighted by molar-refractivity contribution is 0.380. The van der Waals surface area contributed by atoms with Crippen LogP contribution in [0.25, 0.3) is 0 Å². The van der Waals surface area contributed by atoms with Crippen LogP contribution in [0.3, 0.4) is 0 Å². The number of halogens is 2. The Labute approximate surface area is 199 Å². The highest BCUT2D eigenvalue weighted by molar-refractivity contribution is 14.0. The number of aliphatic imine (C=N–C) groups is 1. The first kappa shape index (κ1) is 23.1. The molecule has 164 valence electrons. The van der Waals surface area contributed by atoms with E-state index >= 15 is 0 Å². The van der Waals surface area contributed by atoms with Crippen LogP contribution in [0.5, 0.6) is 0 Å². The molecular formula is C23H28FIN6. The predicted octanol–water partition coefficient (Wildman–Crippen LogP) is 3.52. The van der Waals surface area contributed by atoms with Crippen molar-refractivity contribution < 1.29 is 4.39 Å². The fourth-order valence-electron chi connectivity index (χ4n) is 3.69. The van der Waals surface area contributed by atoms with E-state index in [1.165, 1.54) is 17.7 Å². The van der Waals surface area contributed by atoms with Gasteiger partial charge in [-0.15, -0.1) is 24.0 Å². The largest absolute Gasteiger partial charge is 0.370 e. The molecule has 2 heterocycles. The number of hydrogen-bond acceptors (Lipinski definition) is 3. The summed E-state index contributed by atoms with van der Waals surface area (Å²) in [4.78, 5) is 13.4. The molecule has 8 heteroatoms. The van der Waals surface area contributed by atoms with E-state index in [4.69, 9.17) is 5.73 Å². The molecule has 1 saturated heterocycles. The molecule has 0 unspecified atom stereocenters. The van der Waals surface area contributed by atoms with Crippen LogP contribution in [0, 0.1) is 5.82 Å². The topological polar surface area (TPSA) is 62.7 Å². The third-order valence-corrected chi connectivity index (χ3v) is 5.46. The molecule has 1 fully saturated rings. The Hall–Kier alpha value is -2.62. The van der Waals surface area contributed by atoms with E-state index < -0.39 is 0 Å². The van der Waals surface area contributed by atoms with Gasteiger partial charge in [0.25, 0.3) is 0 Å². The average Bonchev–Trinajstić information content (AvgIpc) is 3.25. The van der Waals surface area contributed by atoms with Gasteiger partial charge in [-0.25, -0.2) is 14.4 Å². The van der Waals surface area contributed by atoms with Crippen LogP contribution in [0.4, 0.5) is 10.1 Å². The molecule has 31 heavy (non-hydrogen) atoms. The van der Waals surface area contributed by atoms with E-state index in [0.29, 0.717) is 12.5 Å². The van der Waals surface area contributed by atoms with Gasteiger partial charge < -0.3 is 20.1 Å². The van der Waals surface area contributed by atoms with Crippen molar-refractivity contribution in [3.8, 4) is 0 Å². The first-order chi connectivity index (χ1) is 14.7. The molecule has 0 radical (unpaired) electrons. The third kappa shape index (κ3) is 6.19. The van der Waals surface area contributed by atoms with Gasteiger partial charge in [-0.2, -0.15) is 0 Å². The molecule has 2 N–H and O–H groups in total. The van der Waals surface area contributed by atoms with E-state index in [9.17, 15) is 4.39 Å². The molecule has 0 aliphatic carbocycles. The Morgan fingerprint density at radius 2 is 1.71 bits per heavy atom. The number of hydrogen-bond donors (Lipinski definition) is 1. The van der Waals surface area contributed by atoms with Crippen molar-refractivity contribution in [2.24, 2.45) is 10.7 Å². The normalized spacial score (nSPS) is 14.4. The molecule has 0 atom stereocenters.